The van der Waals surface area contributed by atoms with Crippen LogP contribution in [0.2, 0.25) is 0 Å². The lowest BCUT2D eigenvalue weighted by Crippen LogP contribution is -2.43. The number of carbonyl (C=O) groups is 2. The van der Waals surface area contributed by atoms with Crippen molar-refractivity contribution in [1.82, 2.24) is 25.4 Å². The van der Waals surface area contributed by atoms with Gasteiger partial charge in [-0.15, -0.1) is 0 Å². The lowest BCUT2D eigenvalue weighted by molar-refractivity contribution is -0.129. The lowest BCUT2D eigenvalue weighted by Gasteiger charge is -2.08. The van der Waals surface area contributed by atoms with Crippen LogP contribution in [0, 0.1) is 13.8 Å². The molecule has 0 unspecified atom stereocenters. The number of hydrogen-bond donors (Lipinski definition) is 2. The number of hydrogen-bond acceptors (Lipinski definition) is 5. The van der Waals surface area contributed by atoms with Crippen molar-refractivity contribution < 1.29 is 14.0 Å². The van der Waals surface area contributed by atoms with Crippen LogP contribution in [0.3, 0.4) is 0 Å². The Balaban J connectivity index is 1.25. The smallest absolute Gasteiger partial charge is 0.258 e. The number of benzene rings is 2. The highest BCUT2D eigenvalue weighted by Gasteiger charge is 2.11. The summed E-state index contributed by atoms with van der Waals surface area (Å²) in [6, 6.07) is 13.6. The van der Waals surface area contributed by atoms with Gasteiger partial charge in [0.1, 0.15) is 6.54 Å². The van der Waals surface area contributed by atoms with Gasteiger partial charge >= 0.3 is 0 Å². The zero-order chi connectivity index (χ0) is 21.8. The number of oxazole rings is 1. The zero-order valence-electron chi connectivity index (χ0n) is 17.4. The summed E-state index contributed by atoms with van der Waals surface area (Å²) in [5.41, 5.74) is 9.85. The highest BCUT2D eigenvalue weighted by atomic mass is 16.4. The number of aryl methyl sites for hydroxylation is 3. The summed E-state index contributed by atoms with van der Waals surface area (Å²) in [5, 5.41) is 0. The molecule has 0 fully saturated rings. The van der Waals surface area contributed by atoms with Gasteiger partial charge in [-0.1, -0.05) is 24.3 Å². The molecule has 8 heteroatoms. The fraction of sp³-hybridized carbons (Fsp3) is 0.217. The summed E-state index contributed by atoms with van der Waals surface area (Å²) in [5.74, 6) is 0.471. The highest BCUT2D eigenvalue weighted by Crippen LogP contribution is 2.23. The molecule has 158 valence electrons. The third-order valence-electron chi connectivity index (χ3n) is 5.09. The van der Waals surface area contributed by atoms with Gasteiger partial charge in [0.15, 0.2) is 11.7 Å². The van der Waals surface area contributed by atoms with E-state index in [1.165, 1.54) is 11.1 Å². The van der Waals surface area contributed by atoms with Crippen LogP contribution in [0.4, 0.5) is 0 Å². The number of fused-ring (bicyclic) bond motifs is 1. The molecule has 4 rings (SSSR count). The van der Waals surface area contributed by atoms with Gasteiger partial charge in [-0.2, -0.15) is 0 Å². The Morgan fingerprint density at radius 2 is 1.81 bits per heavy atom. The van der Waals surface area contributed by atoms with E-state index in [4.69, 9.17) is 4.42 Å². The molecule has 8 nitrogen and oxygen atoms in total. The van der Waals surface area contributed by atoms with Crippen LogP contribution in [0.25, 0.3) is 22.4 Å². The first-order valence-corrected chi connectivity index (χ1v) is 9.99. The van der Waals surface area contributed by atoms with Gasteiger partial charge in [-0.05, 0) is 43.2 Å². The van der Waals surface area contributed by atoms with Gasteiger partial charge in [-0.3, -0.25) is 20.4 Å². The maximum Gasteiger partial charge on any atom is 0.258 e. The van der Waals surface area contributed by atoms with Gasteiger partial charge in [-0.25, -0.2) is 9.97 Å². The summed E-state index contributed by atoms with van der Waals surface area (Å²) in [6.45, 7) is 4.16. The van der Waals surface area contributed by atoms with Crippen molar-refractivity contribution in [1.29, 1.82) is 0 Å². The predicted octanol–water partition coefficient (Wildman–Crippen LogP) is 3.09. The molecule has 2 N–H and O–H groups in total. The van der Waals surface area contributed by atoms with Crippen molar-refractivity contribution in [3.05, 3.63) is 72.0 Å². The van der Waals surface area contributed by atoms with Crippen LogP contribution in [-0.2, 0) is 22.6 Å². The zero-order valence-corrected chi connectivity index (χ0v) is 17.4. The second kappa shape index (κ2) is 8.83. The Morgan fingerprint density at radius 1 is 1.00 bits per heavy atom. The number of aromatic nitrogens is 3. The van der Waals surface area contributed by atoms with Crippen molar-refractivity contribution >= 4 is 22.8 Å². The predicted molar refractivity (Wildman–Crippen MR) is 116 cm³/mol. The summed E-state index contributed by atoms with van der Waals surface area (Å²) in [6.07, 6.45) is 3.73. The summed E-state index contributed by atoms with van der Waals surface area (Å²) in [4.78, 5) is 32.7. The fourth-order valence-corrected chi connectivity index (χ4v) is 3.21. The van der Waals surface area contributed by atoms with Crippen LogP contribution in [-0.4, -0.2) is 26.3 Å². The van der Waals surface area contributed by atoms with Crippen molar-refractivity contribution in [3.63, 3.8) is 0 Å². The van der Waals surface area contributed by atoms with Crippen molar-refractivity contribution in [2.24, 2.45) is 0 Å². The first kappa shape index (κ1) is 20.3. The molecule has 2 aromatic heterocycles. The minimum Gasteiger partial charge on any atom is -0.441 e. The second-order valence-corrected chi connectivity index (χ2v) is 7.37. The summed E-state index contributed by atoms with van der Waals surface area (Å²) < 4.78 is 7.48. The van der Waals surface area contributed by atoms with E-state index in [0.717, 1.165) is 16.6 Å². The molecular weight excluding hydrogens is 394 g/mol. The minimum atomic E-state index is -0.343. The van der Waals surface area contributed by atoms with Crippen molar-refractivity contribution in [2.45, 2.75) is 33.2 Å². The Morgan fingerprint density at radius 3 is 2.65 bits per heavy atom. The van der Waals surface area contributed by atoms with Crippen LogP contribution >= 0.6 is 0 Å². The largest absolute Gasteiger partial charge is 0.441 e. The van der Waals surface area contributed by atoms with Crippen molar-refractivity contribution in [2.75, 3.05) is 0 Å². The number of rotatable bonds is 6. The number of nitrogens with zero attached hydrogens (tertiary/aromatic N) is 3. The minimum absolute atomic E-state index is 0.0554. The van der Waals surface area contributed by atoms with Gasteiger partial charge in [0.05, 0.1) is 23.6 Å². The number of amides is 2. The molecular formula is C23H23N5O3. The normalized spacial score (nSPS) is 10.9. The highest BCUT2D eigenvalue weighted by molar-refractivity contribution is 5.83. The number of imidazole rings is 1. The molecule has 0 radical (unpaired) electrons. The average molecular weight is 417 g/mol. The molecule has 31 heavy (non-hydrogen) atoms. The van der Waals surface area contributed by atoms with Gasteiger partial charge in [0.25, 0.3) is 5.91 Å². The molecule has 0 aliphatic carbocycles. The van der Waals surface area contributed by atoms with E-state index < -0.39 is 0 Å². The van der Waals surface area contributed by atoms with Gasteiger partial charge in [0.2, 0.25) is 5.91 Å². The molecule has 0 atom stereocenters. The number of nitrogens with one attached hydrogen (secondary N) is 2. The molecule has 2 heterocycles. The molecule has 2 amide bonds. The Bertz CT molecular complexity index is 1240. The molecule has 4 aromatic rings. The molecule has 0 spiro atoms. The third-order valence-corrected chi connectivity index (χ3v) is 5.09. The molecule has 0 saturated carbocycles. The van der Waals surface area contributed by atoms with E-state index in [-0.39, 0.29) is 24.8 Å². The maximum atomic E-state index is 12.1. The van der Waals surface area contributed by atoms with E-state index in [9.17, 15) is 9.59 Å². The molecule has 0 aliphatic heterocycles. The van der Waals surface area contributed by atoms with E-state index >= 15 is 0 Å². The number of carbonyl (C=O) groups excluding carboxylic acids is 2. The molecule has 2 aromatic carbocycles. The average Bonchev–Trinajstić information content (AvgIpc) is 3.40. The monoisotopic (exact) mass is 417 g/mol. The number of hydrazine groups is 1. The van der Waals surface area contributed by atoms with E-state index in [1.807, 2.05) is 49.4 Å². The van der Waals surface area contributed by atoms with E-state index in [2.05, 4.69) is 27.7 Å². The topological polar surface area (TPSA) is 102 Å². The van der Waals surface area contributed by atoms with E-state index in [0.29, 0.717) is 18.1 Å². The van der Waals surface area contributed by atoms with Crippen molar-refractivity contribution in [3.8, 4) is 11.3 Å². The van der Waals surface area contributed by atoms with Crippen LogP contribution in [0.1, 0.15) is 23.4 Å². The maximum absolute atomic E-state index is 12.1. The Kier molecular flexibility index (Phi) is 5.79. The Labute approximate surface area is 179 Å². The first-order valence-electron chi connectivity index (χ1n) is 9.99. The quantitative estimate of drug-likeness (QED) is 0.470. The molecule has 0 aliphatic rings. The van der Waals surface area contributed by atoms with Crippen LogP contribution in [0.15, 0.2) is 59.4 Å². The second-order valence-electron chi connectivity index (χ2n) is 7.37. The molecule has 0 saturated heterocycles. The standard InChI is InChI=1S/C23H23N5O3/c1-15-7-8-17(11-16(15)2)20-12-24-23(31-20)10-9-21(29)26-27-22(30)13-28-14-25-18-5-3-4-6-19(18)28/h3-8,11-12,14H,9-10,13H2,1-2H3,(H,26,29)(H,27,30). The van der Waals surface area contributed by atoms with E-state index in [1.54, 1.807) is 17.1 Å². The van der Waals surface area contributed by atoms with Gasteiger partial charge < -0.3 is 8.98 Å². The number of para-hydroxylation sites is 2. The summed E-state index contributed by atoms with van der Waals surface area (Å²) in [7, 11) is 0. The Hall–Kier alpha value is -3.94. The lowest BCUT2D eigenvalue weighted by atomic mass is 10.1. The first-order chi connectivity index (χ1) is 15.0. The SMILES string of the molecule is Cc1ccc(-c2cnc(CCC(=O)NNC(=O)Cn3cnc4ccccc43)o2)cc1C. The van der Waals surface area contributed by atoms with Crippen LogP contribution in [0.5, 0.6) is 0 Å². The molecule has 0 bridgehead atoms. The fourth-order valence-electron chi connectivity index (χ4n) is 3.21. The van der Waals surface area contributed by atoms with Crippen LogP contribution < -0.4 is 10.9 Å². The third kappa shape index (κ3) is 4.80. The van der Waals surface area contributed by atoms with Gasteiger partial charge in [0, 0.05) is 18.4 Å². The summed E-state index contributed by atoms with van der Waals surface area (Å²) >= 11 is 0.